The predicted octanol–water partition coefficient (Wildman–Crippen LogP) is 2.99. The molecule has 90 valence electrons. The van der Waals surface area contributed by atoms with Crippen molar-refractivity contribution in [2.45, 2.75) is 13.1 Å². The Labute approximate surface area is 95.5 Å². The SMILES string of the molecule is Cc1c(-c2ccc(N)cc2)n[nH]c1C(F)(F)F. The van der Waals surface area contributed by atoms with Gasteiger partial charge in [0, 0.05) is 16.8 Å². The molecule has 2 aromatic rings. The molecule has 0 aliphatic heterocycles. The minimum atomic E-state index is -4.41. The van der Waals surface area contributed by atoms with Crippen LogP contribution < -0.4 is 5.73 Å². The third-order valence-corrected chi connectivity index (χ3v) is 2.48. The van der Waals surface area contributed by atoms with Gasteiger partial charge < -0.3 is 5.73 Å². The number of rotatable bonds is 1. The van der Waals surface area contributed by atoms with E-state index in [0.717, 1.165) is 0 Å². The molecule has 0 atom stereocenters. The second-order valence-electron chi connectivity index (χ2n) is 3.69. The molecule has 1 aromatic carbocycles. The summed E-state index contributed by atoms with van der Waals surface area (Å²) < 4.78 is 37.7. The molecular formula is C11H10F3N3. The van der Waals surface area contributed by atoms with E-state index in [4.69, 9.17) is 5.73 Å². The molecule has 1 heterocycles. The van der Waals surface area contributed by atoms with E-state index in [1.807, 2.05) is 5.10 Å². The Morgan fingerprint density at radius 1 is 1.18 bits per heavy atom. The van der Waals surface area contributed by atoms with Gasteiger partial charge in [0.05, 0.1) is 5.69 Å². The monoisotopic (exact) mass is 241 g/mol. The first-order valence-corrected chi connectivity index (χ1v) is 4.87. The lowest BCUT2D eigenvalue weighted by molar-refractivity contribution is -0.141. The first-order chi connectivity index (χ1) is 7.89. The Hall–Kier alpha value is -1.98. The quantitative estimate of drug-likeness (QED) is 0.754. The number of anilines is 1. The molecule has 17 heavy (non-hydrogen) atoms. The van der Waals surface area contributed by atoms with Crippen molar-refractivity contribution in [1.82, 2.24) is 10.2 Å². The molecule has 3 N–H and O–H groups in total. The fraction of sp³-hybridized carbons (Fsp3) is 0.182. The van der Waals surface area contributed by atoms with E-state index in [1.54, 1.807) is 24.3 Å². The number of nitrogens with one attached hydrogen (secondary N) is 1. The van der Waals surface area contributed by atoms with Gasteiger partial charge in [0.1, 0.15) is 5.69 Å². The second kappa shape index (κ2) is 3.80. The highest BCUT2D eigenvalue weighted by Gasteiger charge is 2.35. The molecule has 0 fully saturated rings. The van der Waals surface area contributed by atoms with Crippen molar-refractivity contribution >= 4 is 5.69 Å². The van der Waals surface area contributed by atoms with E-state index in [-0.39, 0.29) is 11.3 Å². The summed E-state index contributed by atoms with van der Waals surface area (Å²) in [5.74, 6) is 0. The first kappa shape index (κ1) is 11.5. The lowest BCUT2D eigenvalue weighted by atomic mass is 10.1. The number of benzene rings is 1. The highest BCUT2D eigenvalue weighted by Crippen LogP contribution is 2.34. The van der Waals surface area contributed by atoms with Crippen molar-refractivity contribution in [1.29, 1.82) is 0 Å². The third-order valence-electron chi connectivity index (χ3n) is 2.48. The minimum Gasteiger partial charge on any atom is -0.399 e. The van der Waals surface area contributed by atoms with Crippen LogP contribution in [0.5, 0.6) is 0 Å². The second-order valence-corrected chi connectivity index (χ2v) is 3.69. The number of aromatic amines is 1. The Bertz CT molecular complexity index is 526. The molecule has 0 unspecified atom stereocenters. The molecule has 0 amide bonds. The molecule has 0 bridgehead atoms. The van der Waals surface area contributed by atoms with Gasteiger partial charge in [-0.15, -0.1) is 0 Å². The summed E-state index contributed by atoms with van der Waals surface area (Å²) in [7, 11) is 0. The zero-order valence-corrected chi connectivity index (χ0v) is 8.97. The van der Waals surface area contributed by atoms with Crippen LogP contribution in [0, 0.1) is 6.92 Å². The van der Waals surface area contributed by atoms with Crippen LogP contribution in [-0.4, -0.2) is 10.2 Å². The van der Waals surface area contributed by atoms with Crippen molar-refractivity contribution in [2.75, 3.05) is 5.73 Å². The largest absolute Gasteiger partial charge is 0.433 e. The number of hydrogen-bond donors (Lipinski definition) is 2. The Morgan fingerprint density at radius 3 is 2.24 bits per heavy atom. The maximum absolute atomic E-state index is 12.6. The Balaban J connectivity index is 2.48. The topological polar surface area (TPSA) is 54.7 Å². The first-order valence-electron chi connectivity index (χ1n) is 4.87. The van der Waals surface area contributed by atoms with Crippen LogP contribution in [0.25, 0.3) is 11.3 Å². The van der Waals surface area contributed by atoms with Gasteiger partial charge in [0.25, 0.3) is 0 Å². The van der Waals surface area contributed by atoms with Gasteiger partial charge in [-0.3, -0.25) is 5.10 Å². The molecule has 0 aliphatic carbocycles. The van der Waals surface area contributed by atoms with Crippen LogP contribution in [0.1, 0.15) is 11.3 Å². The molecule has 0 radical (unpaired) electrons. The molecule has 0 spiro atoms. The van der Waals surface area contributed by atoms with Crippen LogP contribution in [0.15, 0.2) is 24.3 Å². The van der Waals surface area contributed by atoms with E-state index < -0.39 is 11.9 Å². The van der Waals surface area contributed by atoms with Crippen LogP contribution in [0.4, 0.5) is 18.9 Å². The van der Waals surface area contributed by atoms with E-state index in [0.29, 0.717) is 11.3 Å². The van der Waals surface area contributed by atoms with Crippen LogP contribution in [0.2, 0.25) is 0 Å². The molecule has 0 saturated carbocycles. The standard InChI is InChI=1S/C11H10F3N3/c1-6-9(7-2-4-8(15)5-3-7)16-17-10(6)11(12,13)14/h2-5H,15H2,1H3,(H,16,17). The summed E-state index contributed by atoms with van der Waals surface area (Å²) in [6.07, 6.45) is -4.41. The number of alkyl halides is 3. The highest BCUT2D eigenvalue weighted by atomic mass is 19.4. The van der Waals surface area contributed by atoms with Crippen molar-refractivity contribution < 1.29 is 13.2 Å². The van der Waals surface area contributed by atoms with Crippen molar-refractivity contribution in [3.8, 4) is 11.3 Å². The summed E-state index contributed by atoms with van der Waals surface area (Å²) in [5, 5.41) is 5.72. The van der Waals surface area contributed by atoms with Gasteiger partial charge in [-0.2, -0.15) is 18.3 Å². The van der Waals surface area contributed by atoms with E-state index in [9.17, 15) is 13.2 Å². The van der Waals surface area contributed by atoms with Crippen LogP contribution in [-0.2, 0) is 6.18 Å². The number of halogens is 3. The molecular weight excluding hydrogens is 231 g/mol. The number of nitrogens with two attached hydrogens (primary N) is 1. The molecule has 6 heteroatoms. The molecule has 1 aromatic heterocycles. The van der Waals surface area contributed by atoms with Crippen LogP contribution in [0.3, 0.4) is 0 Å². The van der Waals surface area contributed by atoms with Crippen molar-refractivity contribution in [2.24, 2.45) is 0 Å². The predicted molar refractivity (Wildman–Crippen MR) is 58.2 cm³/mol. The number of nitrogen functional groups attached to an aromatic ring is 1. The van der Waals surface area contributed by atoms with Crippen molar-refractivity contribution in [3.63, 3.8) is 0 Å². The summed E-state index contributed by atoms with van der Waals surface area (Å²) in [4.78, 5) is 0. The zero-order chi connectivity index (χ0) is 12.6. The third kappa shape index (κ3) is 2.11. The van der Waals surface area contributed by atoms with Gasteiger partial charge in [0.2, 0.25) is 0 Å². The lowest BCUT2D eigenvalue weighted by Crippen LogP contribution is -2.07. The maximum Gasteiger partial charge on any atom is 0.433 e. The van der Waals surface area contributed by atoms with E-state index in [2.05, 4.69) is 5.10 Å². The highest BCUT2D eigenvalue weighted by molar-refractivity contribution is 5.65. The van der Waals surface area contributed by atoms with Gasteiger partial charge in [-0.1, -0.05) is 12.1 Å². The fourth-order valence-electron chi connectivity index (χ4n) is 1.60. The summed E-state index contributed by atoms with van der Waals surface area (Å²) in [6.45, 7) is 1.39. The Morgan fingerprint density at radius 2 is 1.76 bits per heavy atom. The number of H-pyrrole nitrogens is 1. The van der Waals surface area contributed by atoms with Gasteiger partial charge in [-0.25, -0.2) is 0 Å². The zero-order valence-electron chi connectivity index (χ0n) is 8.97. The van der Waals surface area contributed by atoms with Gasteiger partial charge >= 0.3 is 6.18 Å². The molecule has 0 aliphatic rings. The Kier molecular flexibility index (Phi) is 2.57. The normalized spacial score (nSPS) is 11.8. The molecule has 0 saturated heterocycles. The van der Waals surface area contributed by atoms with Crippen LogP contribution >= 0.6 is 0 Å². The molecule has 3 nitrogen and oxygen atoms in total. The summed E-state index contributed by atoms with van der Waals surface area (Å²) in [6, 6.07) is 6.52. The van der Waals surface area contributed by atoms with Gasteiger partial charge in [-0.05, 0) is 19.1 Å². The fourth-order valence-corrected chi connectivity index (χ4v) is 1.60. The lowest BCUT2D eigenvalue weighted by Gasteiger charge is -2.04. The number of aromatic nitrogens is 2. The number of hydrogen-bond acceptors (Lipinski definition) is 2. The average Bonchev–Trinajstić information content (AvgIpc) is 2.61. The summed E-state index contributed by atoms with van der Waals surface area (Å²) in [5.41, 5.74) is 6.22. The summed E-state index contributed by atoms with van der Waals surface area (Å²) >= 11 is 0. The maximum atomic E-state index is 12.6. The van der Waals surface area contributed by atoms with Crippen molar-refractivity contribution in [3.05, 3.63) is 35.5 Å². The molecule has 2 rings (SSSR count). The number of nitrogens with zero attached hydrogens (tertiary/aromatic N) is 1. The average molecular weight is 241 g/mol. The smallest absolute Gasteiger partial charge is 0.399 e. The van der Waals surface area contributed by atoms with E-state index >= 15 is 0 Å². The minimum absolute atomic E-state index is 0.0854. The van der Waals surface area contributed by atoms with Gasteiger partial charge in [0.15, 0.2) is 0 Å². The van der Waals surface area contributed by atoms with E-state index in [1.165, 1.54) is 6.92 Å².